The van der Waals surface area contributed by atoms with E-state index in [-0.39, 0.29) is 43.5 Å². The number of nitrogens with zero attached hydrogens (tertiary/aromatic N) is 1. The van der Waals surface area contributed by atoms with Crippen LogP contribution in [-0.4, -0.2) is 30.4 Å². The molecule has 6 aromatic rings. The normalized spacial score (nSPS) is 12.0. The summed E-state index contributed by atoms with van der Waals surface area (Å²) in [5, 5.41) is 16.1. The van der Waals surface area contributed by atoms with Gasteiger partial charge in [-0.25, -0.2) is 0 Å². The van der Waals surface area contributed by atoms with E-state index in [1.165, 1.54) is 40.2 Å². The van der Waals surface area contributed by atoms with Crippen LogP contribution in [0.2, 0.25) is 0 Å². The van der Waals surface area contributed by atoms with Crippen molar-refractivity contribution in [2.24, 2.45) is 11.8 Å². The Kier molecular flexibility index (Phi) is 10.4. The monoisotopic (exact) mass is 793 g/mol. The van der Waals surface area contributed by atoms with Gasteiger partial charge < -0.3 is 5.11 Å². The predicted molar refractivity (Wildman–Crippen MR) is 169 cm³/mol. The van der Waals surface area contributed by atoms with Crippen LogP contribution in [0, 0.1) is 17.9 Å². The van der Waals surface area contributed by atoms with Crippen LogP contribution in [0.1, 0.15) is 53.4 Å². The van der Waals surface area contributed by atoms with Crippen LogP contribution in [0.5, 0.6) is 0 Å². The fourth-order valence-corrected chi connectivity index (χ4v) is 8.95. The molecular weight excluding hydrogens is 758 g/mol. The first kappa shape index (κ1) is 30.6. The van der Waals surface area contributed by atoms with E-state index in [2.05, 4.69) is 60.7 Å². The summed E-state index contributed by atoms with van der Waals surface area (Å²) in [5.41, 5.74) is 1.10. The molecule has 0 fully saturated rings. The Balaban J connectivity index is 0.000000204. The van der Waals surface area contributed by atoms with Crippen molar-refractivity contribution in [1.82, 2.24) is 4.98 Å². The Morgan fingerprint density at radius 1 is 0.925 bits per heavy atom. The number of pyridine rings is 1. The molecule has 6 heteroatoms. The summed E-state index contributed by atoms with van der Waals surface area (Å²) in [4.78, 5) is 16.5. The Hall–Kier alpha value is -2.33. The molecule has 0 saturated carbocycles. The number of hydrogen-bond donors (Lipinski definition) is 1. The number of aromatic nitrogens is 1. The molecule has 1 N–H and O–H groups in total. The molecular formula is C34H34IrNO2SSe-. The Bertz CT molecular complexity index is 1810. The van der Waals surface area contributed by atoms with Gasteiger partial charge >= 0.3 is 148 Å². The number of aliphatic hydroxyl groups excluding tert-OH is 1. The van der Waals surface area contributed by atoms with Crippen LogP contribution in [0.3, 0.4) is 0 Å². The Morgan fingerprint density at radius 3 is 2.35 bits per heavy atom. The number of ketones is 1. The van der Waals surface area contributed by atoms with Crippen LogP contribution in [0.25, 0.3) is 50.4 Å². The van der Waals surface area contributed by atoms with Crippen LogP contribution < -0.4 is 0 Å². The molecule has 0 bridgehead atoms. The van der Waals surface area contributed by atoms with E-state index in [0.717, 1.165) is 42.0 Å². The number of rotatable bonds is 7. The van der Waals surface area contributed by atoms with Crippen LogP contribution in [-0.2, 0) is 24.9 Å². The summed E-state index contributed by atoms with van der Waals surface area (Å²) in [6.07, 6.45) is 6.87. The molecule has 209 valence electrons. The Morgan fingerprint density at radius 2 is 1.62 bits per heavy atom. The van der Waals surface area contributed by atoms with Crippen molar-refractivity contribution in [2.45, 2.75) is 53.4 Å². The summed E-state index contributed by atoms with van der Waals surface area (Å²) in [6, 6.07) is 23.3. The quantitative estimate of drug-likeness (QED) is 0.0759. The van der Waals surface area contributed by atoms with Gasteiger partial charge in [0.15, 0.2) is 5.78 Å². The summed E-state index contributed by atoms with van der Waals surface area (Å²) in [7, 11) is 0. The fraction of sp³-hybridized carbons (Fsp3) is 0.294. The van der Waals surface area contributed by atoms with Gasteiger partial charge in [-0.15, -0.1) is 0 Å². The van der Waals surface area contributed by atoms with Gasteiger partial charge in [0.05, 0.1) is 5.76 Å². The van der Waals surface area contributed by atoms with Gasteiger partial charge in [-0.2, -0.15) is 0 Å². The third kappa shape index (κ3) is 5.98. The molecule has 0 aliphatic rings. The van der Waals surface area contributed by atoms with Crippen molar-refractivity contribution in [3.8, 4) is 0 Å². The zero-order valence-electron chi connectivity index (χ0n) is 23.3. The van der Waals surface area contributed by atoms with E-state index in [1.807, 2.05) is 45.2 Å². The van der Waals surface area contributed by atoms with Gasteiger partial charge in [-0.1, -0.05) is 27.7 Å². The van der Waals surface area contributed by atoms with E-state index < -0.39 is 0 Å². The van der Waals surface area contributed by atoms with Gasteiger partial charge in [0.2, 0.25) is 0 Å². The van der Waals surface area contributed by atoms with Crippen LogP contribution in [0.15, 0.2) is 72.6 Å². The van der Waals surface area contributed by atoms with Crippen LogP contribution >= 0.6 is 11.3 Å². The Labute approximate surface area is 259 Å². The molecule has 0 atom stereocenters. The molecule has 1 radical (unpaired) electrons. The summed E-state index contributed by atoms with van der Waals surface area (Å²) in [5.74, 6) is 0.547. The molecule has 0 aliphatic heterocycles. The van der Waals surface area contributed by atoms with E-state index in [9.17, 15) is 9.90 Å². The number of hydrogen-bond acceptors (Lipinski definition) is 4. The van der Waals surface area contributed by atoms with Crippen molar-refractivity contribution >= 4 is 82.0 Å². The van der Waals surface area contributed by atoms with Gasteiger partial charge in [-0.05, 0) is 25.7 Å². The van der Waals surface area contributed by atoms with Crippen LogP contribution in [0.4, 0.5) is 0 Å². The number of fused-ring (bicyclic) bond motifs is 3. The number of carbonyl (C=O) groups excluding carboxylic acids is 1. The van der Waals surface area contributed by atoms with E-state index in [4.69, 9.17) is 4.98 Å². The maximum absolute atomic E-state index is 11.7. The molecule has 3 aromatic carbocycles. The SMILES string of the molecule is CCC(CC)C(=O)/C=C(\O)C(CC)CC.[Ir].[c-]1c2ccccc2cc2sc3cccc4[se]c5ccnc(c12)c5c34. The second kappa shape index (κ2) is 13.6. The summed E-state index contributed by atoms with van der Waals surface area (Å²) < 4.78 is 5.54. The first-order chi connectivity index (χ1) is 19.0. The first-order valence-electron chi connectivity index (χ1n) is 13.9. The average molecular weight is 792 g/mol. The molecule has 40 heavy (non-hydrogen) atoms. The number of benzene rings is 3. The van der Waals surface area contributed by atoms with Crippen molar-refractivity contribution in [2.75, 3.05) is 0 Å². The molecule has 3 nitrogen and oxygen atoms in total. The summed E-state index contributed by atoms with van der Waals surface area (Å²) >= 11 is 2.24. The van der Waals surface area contributed by atoms with Crippen molar-refractivity contribution in [3.63, 3.8) is 0 Å². The molecule has 3 heterocycles. The maximum atomic E-state index is 11.7. The van der Waals surface area contributed by atoms with Gasteiger partial charge in [-0.3, -0.25) is 4.79 Å². The van der Waals surface area contributed by atoms with Crippen molar-refractivity contribution < 1.29 is 30.0 Å². The third-order valence-electron chi connectivity index (χ3n) is 7.66. The molecule has 0 saturated heterocycles. The van der Waals surface area contributed by atoms with E-state index in [1.54, 1.807) is 0 Å². The van der Waals surface area contributed by atoms with E-state index >= 15 is 0 Å². The fourth-order valence-electron chi connectivity index (χ4n) is 5.31. The standard InChI is InChI=1S/C21H10NSSe.C13H24O2.Ir/c1-2-5-13-11-16-14(10-12(13)4-1)21-20-18(8-9-22-21)24-17-7-3-6-15(23-16)19(17)20;1-5-10(6-2)12(14)9-13(15)11(7-3)8-4;/h1-9,11H;9-11,14H,5-8H2,1-4H3;/q-1;;/b;12-9-;. The molecule has 6 rings (SSSR count). The van der Waals surface area contributed by atoms with Crippen molar-refractivity contribution in [1.29, 1.82) is 0 Å². The molecule has 0 unspecified atom stereocenters. The van der Waals surface area contributed by atoms with Gasteiger partial charge in [0.25, 0.3) is 0 Å². The van der Waals surface area contributed by atoms with Crippen molar-refractivity contribution in [3.05, 3.63) is 78.7 Å². The zero-order valence-corrected chi connectivity index (χ0v) is 28.2. The minimum absolute atomic E-state index is 0. The number of carbonyl (C=O) groups is 1. The molecule has 3 aromatic heterocycles. The van der Waals surface area contributed by atoms with E-state index in [0.29, 0.717) is 14.5 Å². The predicted octanol–water partition coefficient (Wildman–Crippen LogP) is 9.63. The second-order valence-corrected chi connectivity index (χ2v) is 13.3. The zero-order chi connectivity index (χ0) is 27.5. The van der Waals surface area contributed by atoms with Gasteiger partial charge in [0, 0.05) is 38.0 Å². The molecule has 0 spiro atoms. The van der Waals surface area contributed by atoms with Gasteiger partial charge in [0.1, 0.15) is 0 Å². The second-order valence-electron chi connectivity index (χ2n) is 9.96. The third-order valence-corrected chi connectivity index (χ3v) is 11.1. The average Bonchev–Trinajstić information content (AvgIpc) is 3.27. The first-order valence-corrected chi connectivity index (χ1v) is 16.4. The molecule has 0 amide bonds. The number of aliphatic hydroxyl groups is 1. The summed E-state index contributed by atoms with van der Waals surface area (Å²) in [6.45, 7) is 8.07. The topological polar surface area (TPSA) is 50.2 Å². The number of allylic oxidation sites excluding steroid dienone is 2. The minimum atomic E-state index is 0. The molecule has 0 aliphatic carbocycles.